The first kappa shape index (κ1) is 54.6. The number of nitrogens with two attached hydrogens (primary N) is 1. The molecule has 0 bridgehead atoms. The summed E-state index contributed by atoms with van der Waals surface area (Å²) in [6.45, 7) is 14.9. The summed E-state index contributed by atoms with van der Waals surface area (Å²) in [4.78, 5) is 52.5. The molecule has 0 amide bonds. The molecular formula is C47H65AlLiN3O7. The standard InChI is InChI=1S/C16H19NO2.C15H19NO.C9H9NO3.C7H14O.Al.Li.4H/c1-11(2)4-7-14-8-5-12-10-13(16(18)19-3)6-9-15(12)17-14;1-11(2)3-6-14-7-5-13-9-12(10-17)4-8-15(13)16-14;1-13-9(12)6-2-3-8(10)7(4-6)5-11;1-6(2)4-5-7(3)8;;;;;;/h5-6,8-11H,4,7H2,1-3H3;4-5,7-9,11,17H,3,6,10H2,1-2H3;2-5H,10H2,1H3;6H,4-5H2,1-3H3;;;;;;/q;;;;;+1;;;;-1. The second kappa shape index (κ2) is 29.0. The van der Waals surface area contributed by atoms with E-state index in [4.69, 9.17) is 15.6 Å². The van der Waals surface area contributed by atoms with Crippen molar-refractivity contribution in [1.82, 2.24) is 9.97 Å². The number of hydrogen-bond donors (Lipinski definition) is 2. The number of methoxy groups -OCH3 is 2. The van der Waals surface area contributed by atoms with Gasteiger partial charge in [0, 0.05) is 39.8 Å². The molecule has 0 radical (unpaired) electrons. The number of carbonyl (C=O) groups excluding carboxylic acids is 4. The zero-order valence-electron chi connectivity index (χ0n) is 37.1. The van der Waals surface area contributed by atoms with E-state index in [1.54, 1.807) is 13.0 Å². The van der Waals surface area contributed by atoms with Crippen molar-refractivity contribution in [2.24, 2.45) is 17.8 Å². The predicted molar refractivity (Wildman–Crippen MR) is 240 cm³/mol. The van der Waals surface area contributed by atoms with Crippen LogP contribution in [0.5, 0.6) is 0 Å². The van der Waals surface area contributed by atoms with Gasteiger partial charge in [-0.25, -0.2) is 9.59 Å². The van der Waals surface area contributed by atoms with Crippen LogP contribution in [0.4, 0.5) is 5.69 Å². The van der Waals surface area contributed by atoms with Crippen LogP contribution >= 0.6 is 0 Å². The van der Waals surface area contributed by atoms with Crippen LogP contribution in [0.1, 0.15) is 124 Å². The molecule has 5 aromatic rings. The van der Waals surface area contributed by atoms with Crippen molar-refractivity contribution in [2.45, 2.75) is 93.6 Å². The molecule has 5 rings (SSSR count). The Labute approximate surface area is 374 Å². The van der Waals surface area contributed by atoms with Crippen LogP contribution in [-0.2, 0) is 33.7 Å². The number of fused-ring (bicyclic) bond motifs is 2. The van der Waals surface area contributed by atoms with Crippen molar-refractivity contribution in [3.8, 4) is 0 Å². The smallest absolute Gasteiger partial charge is 1.00 e. The average Bonchev–Trinajstić information content (AvgIpc) is 3.21. The van der Waals surface area contributed by atoms with Gasteiger partial charge in [0.05, 0.1) is 43.0 Å². The van der Waals surface area contributed by atoms with E-state index in [2.05, 4.69) is 68.4 Å². The van der Waals surface area contributed by atoms with Crippen molar-refractivity contribution in [3.63, 3.8) is 0 Å². The van der Waals surface area contributed by atoms with Gasteiger partial charge in [-0.2, -0.15) is 0 Å². The molecule has 3 N–H and O–H groups in total. The van der Waals surface area contributed by atoms with Gasteiger partial charge in [-0.15, -0.1) is 0 Å². The number of aromatic nitrogens is 2. The van der Waals surface area contributed by atoms with E-state index < -0.39 is 5.97 Å². The minimum absolute atomic E-state index is 0. The molecular weight excluding hydrogens is 752 g/mol. The zero-order valence-corrected chi connectivity index (χ0v) is 36.1. The van der Waals surface area contributed by atoms with Crippen LogP contribution < -0.4 is 24.6 Å². The topological polar surface area (TPSA) is 159 Å². The molecule has 59 heavy (non-hydrogen) atoms. The zero-order chi connectivity index (χ0) is 42.5. The summed E-state index contributed by atoms with van der Waals surface area (Å²) in [7, 11) is 2.67. The minimum Gasteiger partial charge on any atom is -1.00 e. The molecule has 3 aromatic carbocycles. The molecule has 314 valence electrons. The van der Waals surface area contributed by atoms with E-state index >= 15 is 0 Å². The number of rotatable bonds is 13. The van der Waals surface area contributed by atoms with E-state index in [1.165, 1.54) is 38.8 Å². The number of hydrogen-bond acceptors (Lipinski definition) is 10. The van der Waals surface area contributed by atoms with Gasteiger partial charge >= 0.3 is 30.8 Å². The van der Waals surface area contributed by atoms with Crippen molar-refractivity contribution in [3.05, 3.63) is 113 Å². The molecule has 0 unspecified atom stereocenters. The number of aliphatic hydroxyl groups is 1. The Morgan fingerprint density at radius 1 is 0.695 bits per heavy atom. The second-order valence-electron chi connectivity index (χ2n) is 15.1. The van der Waals surface area contributed by atoms with Crippen LogP contribution in [0.2, 0.25) is 0 Å². The fourth-order valence-corrected chi connectivity index (χ4v) is 5.29. The fraction of sp³-hybridized carbons (Fsp3) is 0.404. The van der Waals surface area contributed by atoms with Crippen molar-refractivity contribution >= 4 is 68.9 Å². The number of ether oxygens (including phenoxy) is 2. The van der Waals surface area contributed by atoms with Gasteiger partial charge in [-0.3, -0.25) is 14.8 Å². The van der Waals surface area contributed by atoms with Gasteiger partial charge in [-0.05, 0) is 123 Å². The second-order valence-corrected chi connectivity index (χ2v) is 15.1. The van der Waals surface area contributed by atoms with Crippen LogP contribution in [-0.4, -0.2) is 70.7 Å². The fourth-order valence-electron chi connectivity index (χ4n) is 5.29. The van der Waals surface area contributed by atoms with E-state index in [1.807, 2.05) is 42.5 Å². The summed E-state index contributed by atoms with van der Waals surface area (Å²) in [6, 6.07) is 24.0. The summed E-state index contributed by atoms with van der Waals surface area (Å²) < 4.78 is 9.19. The van der Waals surface area contributed by atoms with Gasteiger partial charge in [0.15, 0.2) is 23.6 Å². The molecule has 12 heteroatoms. The minimum atomic E-state index is -0.483. The third-order valence-corrected chi connectivity index (χ3v) is 8.83. The van der Waals surface area contributed by atoms with Crippen molar-refractivity contribution < 1.29 is 54.0 Å². The third kappa shape index (κ3) is 20.5. The summed E-state index contributed by atoms with van der Waals surface area (Å²) in [5.74, 6) is 1.56. The quantitative estimate of drug-likeness (QED) is 0.0650. The van der Waals surface area contributed by atoms with Crippen LogP contribution in [0, 0.1) is 17.8 Å². The van der Waals surface area contributed by atoms with Gasteiger partial charge in [0.2, 0.25) is 0 Å². The maximum atomic E-state index is 11.5. The summed E-state index contributed by atoms with van der Waals surface area (Å²) in [6.07, 6.45) is 6.72. The first-order valence-electron chi connectivity index (χ1n) is 19.5. The molecule has 0 fully saturated rings. The maximum absolute atomic E-state index is 11.5. The van der Waals surface area contributed by atoms with E-state index in [0.717, 1.165) is 70.9 Å². The number of carbonyl (C=O) groups is 4. The summed E-state index contributed by atoms with van der Waals surface area (Å²) in [5.41, 5.74) is 12.1. The van der Waals surface area contributed by atoms with Gasteiger partial charge in [0.25, 0.3) is 0 Å². The Kier molecular flexibility index (Phi) is 26.8. The SMILES string of the molecule is CC(=O)CCC(C)C.CC(C)CCc1ccc2cc(CO)ccc2n1.COC(=O)c1ccc(N)c(C=O)c1.COC(=O)c1ccc2nc(CCC(C)C)ccc2c1.[AlH3].[H-].[Li+]. The number of ketones is 1. The average molecular weight is 818 g/mol. The number of anilines is 1. The number of nitrogens with zero attached hydrogens (tertiary/aromatic N) is 2. The van der Waals surface area contributed by atoms with E-state index in [-0.39, 0.29) is 50.2 Å². The number of benzene rings is 3. The van der Waals surface area contributed by atoms with Gasteiger partial charge in [0.1, 0.15) is 5.78 Å². The van der Waals surface area contributed by atoms with Gasteiger partial charge in [-0.1, -0.05) is 59.7 Å². The predicted octanol–water partition coefficient (Wildman–Crippen LogP) is 5.74. The molecule has 0 aliphatic rings. The molecule has 0 spiro atoms. The number of aliphatic hydroxyl groups excluding tert-OH is 1. The molecule has 2 heterocycles. The summed E-state index contributed by atoms with van der Waals surface area (Å²) in [5, 5.41) is 11.1. The Balaban J connectivity index is 0. The normalized spacial score (nSPS) is 10.2. The number of nitrogen functional groups attached to an aromatic ring is 1. The number of Topliss-reactive ketones (excluding diaryl/α,β-unsaturated/α-hetero) is 1. The molecule has 0 saturated carbocycles. The molecule has 0 aliphatic heterocycles. The van der Waals surface area contributed by atoms with Crippen LogP contribution in [0.3, 0.4) is 0 Å². The molecule has 0 saturated heterocycles. The van der Waals surface area contributed by atoms with Gasteiger partial charge < -0.3 is 26.5 Å². The van der Waals surface area contributed by atoms with E-state index in [9.17, 15) is 19.2 Å². The molecule has 0 atom stereocenters. The Hall–Kier alpha value is -4.35. The summed E-state index contributed by atoms with van der Waals surface area (Å²) >= 11 is 0. The monoisotopic (exact) mass is 817 g/mol. The number of esters is 2. The first-order valence-corrected chi connectivity index (χ1v) is 19.5. The Bertz CT molecular complexity index is 2080. The van der Waals surface area contributed by atoms with Crippen molar-refractivity contribution in [2.75, 3.05) is 20.0 Å². The van der Waals surface area contributed by atoms with Crippen molar-refractivity contribution in [1.29, 1.82) is 0 Å². The third-order valence-electron chi connectivity index (χ3n) is 8.83. The van der Waals surface area contributed by atoms with E-state index in [0.29, 0.717) is 52.2 Å². The number of pyridine rings is 2. The first-order chi connectivity index (χ1) is 27.1. The Morgan fingerprint density at radius 3 is 1.58 bits per heavy atom. The molecule has 2 aromatic heterocycles. The largest absolute Gasteiger partial charge is 1.00 e. The number of aldehydes is 1. The Morgan fingerprint density at radius 2 is 1.15 bits per heavy atom. The maximum Gasteiger partial charge on any atom is 1.00 e. The molecule has 10 nitrogen and oxygen atoms in total. The molecule has 0 aliphatic carbocycles. The van der Waals surface area contributed by atoms with Crippen LogP contribution in [0.15, 0.2) is 78.9 Å². The van der Waals surface area contributed by atoms with Crippen LogP contribution in [0.25, 0.3) is 21.8 Å². The number of aryl methyl sites for hydroxylation is 2.